The van der Waals surface area contributed by atoms with Gasteiger partial charge in [-0.2, -0.15) is 8.42 Å². The van der Waals surface area contributed by atoms with E-state index in [1.165, 1.54) is 12.8 Å². The van der Waals surface area contributed by atoms with Gasteiger partial charge in [0, 0.05) is 6.42 Å². The van der Waals surface area contributed by atoms with Crippen LogP contribution in [0.5, 0.6) is 0 Å². The number of hydrogen-bond acceptors (Lipinski definition) is 6. The molecule has 9 heteroatoms. The van der Waals surface area contributed by atoms with E-state index in [0.717, 1.165) is 38.5 Å². The summed E-state index contributed by atoms with van der Waals surface area (Å²) in [5, 5.41) is 19.6. The second-order valence-corrected chi connectivity index (χ2v) is 9.59. The topological polar surface area (TPSA) is 124 Å². The number of ketones is 1. The van der Waals surface area contributed by atoms with Crippen LogP contribution in [0.25, 0.3) is 0 Å². The fraction of sp³-hybridized carbons (Fsp3) is 0.810. The zero-order valence-electron chi connectivity index (χ0n) is 18.2. The number of hydrogen-bond donors (Lipinski definition) is 3. The number of aliphatic hydroxyl groups excluding tert-OH is 2. The first kappa shape index (κ1) is 26.9. The van der Waals surface area contributed by atoms with Gasteiger partial charge >= 0.3 is 0 Å². The molecule has 1 rings (SSSR count). The lowest BCUT2D eigenvalue weighted by Gasteiger charge is -2.34. The summed E-state index contributed by atoms with van der Waals surface area (Å²) in [6, 6.07) is 0. The highest BCUT2D eigenvalue weighted by Gasteiger charge is 2.43. The average molecular weight is 448 g/mol. The van der Waals surface area contributed by atoms with Crippen molar-refractivity contribution in [2.75, 3.05) is 38.5 Å². The predicted octanol–water partition coefficient (Wildman–Crippen LogP) is 2.11. The Labute approximate surface area is 181 Å². The van der Waals surface area contributed by atoms with Crippen LogP contribution in [0.1, 0.15) is 64.7 Å². The molecule has 0 aromatic heterocycles. The third kappa shape index (κ3) is 10.3. The lowest BCUT2D eigenvalue weighted by atomic mass is 10.1. The lowest BCUT2D eigenvalue weighted by molar-refractivity contribution is -0.837. The zero-order chi connectivity index (χ0) is 22.5. The third-order valence-corrected chi connectivity index (χ3v) is 6.20. The number of quaternary nitrogens is 1. The van der Waals surface area contributed by atoms with Gasteiger partial charge in [-0.25, -0.2) is 4.99 Å². The number of aliphatic imine (C=N–C) groups is 1. The van der Waals surface area contributed by atoms with Gasteiger partial charge in [-0.05, 0) is 25.7 Å². The first-order valence-electron chi connectivity index (χ1n) is 11.1. The first-order valence-corrected chi connectivity index (χ1v) is 12.7. The highest BCUT2D eigenvalue weighted by molar-refractivity contribution is 7.85. The highest BCUT2D eigenvalue weighted by atomic mass is 32.2. The molecule has 0 spiro atoms. The van der Waals surface area contributed by atoms with Gasteiger partial charge in [0.05, 0.1) is 13.2 Å². The lowest BCUT2D eigenvalue weighted by Crippen LogP contribution is -2.59. The van der Waals surface area contributed by atoms with Gasteiger partial charge in [0.1, 0.15) is 31.5 Å². The normalized spacial score (nSPS) is 20.6. The molecule has 174 valence electrons. The monoisotopic (exact) mass is 447 g/mol. The molecule has 0 aliphatic carbocycles. The number of nitrogens with zero attached hydrogens (tertiary/aromatic N) is 2. The van der Waals surface area contributed by atoms with Crippen LogP contribution in [0, 0.1) is 0 Å². The summed E-state index contributed by atoms with van der Waals surface area (Å²) in [6.45, 7) is 2.89. The highest BCUT2D eigenvalue weighted by Crippen LogP contribution is 2.20. The Morgan fingerprint density at radius 3 is 2.47 bits per heavy atom. The molecule has 0 aromatic carbocycles. The number of Topliss-reactive ketones (excluding diaryl/α,β-unsaturated/α-hetero) is 1. The summed E-state index contributed by atoms with van der Waals surface area (Å²) < 4.78 is 31.0. The standard InChI is InChI=1S/C21H38N2O6S/c1-2-3-4-5-6-7-8-9-10-11-12-20(26)21-22-13-14-23(21,15-16-24)17-19(25)18-30(27,28)29/h5-6,19,24-25H,2-4,7-18H2,1H3/p+1/b6-5+. The predicted molar refractivity (Wildman–Crippen MR) is 118 cm³/mol. The van der Waals surface area contributed by atoms with Crippen LogP contribution in [0.3, 0.4) is 0 Å². The van der Waals surface area contributed by atoms with Gasteiger partial charge in [-0.3, -0.25) is 13.8 Å². The summed E-state index contributed by atoms with van der Waals surface area (Å²) in [5.74, 6) is -0.607. The molecule has 2 atom stereocenters. The van der Waals surface area contributed by atoms with E-state index in [0.29, 0.717) is 25.3 Å². The number of carbonyl (C=O) groups is 1. The van der Waals surface area contributed by atoms with Crippen LogP contribution in [0.2, 0.25) is 0 Å². The van der Waals surface area contributed by atoms with E-state index in [1.54, 1.807) is 0 Å². The molecule has 30 heavy (non-hydrogen) atoms. The van der Waals surface area contributed by atoms with E-state index >= 15 is 0 Å². The van der Waals surface area contributed by atoms with Crippen molar-refractivity contribution in [3.63, 3.8) is 0 Å². The van der Waals surface area contributed by atoms with E-state index in [4.69, 9.17) is 4.55 Å². The molecular weight excluding hydrogens is 408 g/mol. The Balaban J connectivity index is 2.47. The Morgan fingerprint density at radius 1 is 1.17 bits per heavy atom. The van der Waals surface area contributed by atoms with E-state index in [1.807, 2.05) is 0 Å². The Bertz CT molecular complexity index is 677. The molecule has 0 bridgehead atoms. The van der Waals surface area contributed by atoms with Crippen LogP contribution in [0.4, 0.5) is 0 Å². The van der Waals surface area contributed by atoms with Crippen molar-refractivity contribution in [1.29, 1.82) is 0 Å². The first-order chi connectivity index (χ1) is 14.2. The molecule has 0 radical (unpaired) electrons. The molecule has 0 amide bonds. The van der Waals surface area contributed by atoms with E-state index < -0.39 is 22.0 Å². The fourth-order valence-electron chi connectivity index (χ4n) is 3.90. The summed E-state index contributed by atoms with van der Waals surface area (Å²) in [7, 11) is -4.33. The van der Waals surface area contributed by atoms with Crippen LogP contribution in [-0.4, -0.2) is 83.9 Å². The van der Waals surface area contributed by atoms with Crippen LogP contribution >= 0.6 is 0 Å². The van der Waals surface area contributed by atoms with E-state index in [2.05, 4.69) is 24.1 Å². The minimum atomic E-state index is -4.33. The fourth-order valence-corrected chi connectivity index (χ4v) is 4.50. The number of rotatable bonds is 17. The van der Waals surface area contributed by atoms with Gasteiger partial charge in [-0.15, -0.1) is 0 Å². The number of amidine groups is 1. The molecule has 1 aliphatic rings. The summed E-state index contributed by atoms with van der Waals surface area (Å²) in [5.41, 5.74) is 0. The van der Waals surface area contributed by atoms with Crippen molar-refractivity contribution >= 4 is 21.7 Å². The summed E-state index contributed by atoms with van der Waals surface area (Å²) in [6.07, 6.45) is 12.0. The number of unbranched alkanes of at least 4 members (excludes halogenated alkanes) is 6. The van der Waals surface area contributed by atoms with Gasteiger partial charge in [-0.1, -0.05) is 44.8 Å². The molecule has 1 aliphatic heterocycles. The summed E-state index contributed by atoms with van der Waals surface area (Å²) in [4.78, 5) is 17.1. The third-order valence-electron chi connectivity index (χ3n) is 5.40. The maximum Gasteiger partial charge on any atom is 0.267 e. The molecule has 1 heterocycles. The molecule has 2 unspecified atom stereocenters. The smallest absolute Gasteiger partial charge is 0.267 e. The Hall–Kier alpha value is -1.13. The Kier molecular flexibility index (Phi) is 12.6. The molecular formula is C21H39N2O6S+. The van der Waals surface area contributed by atoms with Crippen molar-refractivity contribution in [1.82, 2.24) is 0 Å². The number of allylic oxidation sites excluding steroid dienone is 2. The van der Waals surface area contributed by atoms with Crippen molar-refractivity contribution < 1.29 is 32.5 Å². The van der Waals surface area contributed by atoms with Crippen LogP contribution in [0.15, 0.2) is 17.1 Å². The van der Waals surface area contributed by atoms with Crippen LogP contribution in [-0.2, 0) is 14.9 Å². The molecule has 0 saturated heterocycles. The second kappa shape index (κ2) is 14.0. The zero-order valence-corrected chi connectivity index (χ0v) is 19.0. The van der Waals surface area contributed by atoms with Crippen molar-refractivity contribution in [3.05, 3.63) is 12.2 Å². The minimum absolute atomic E-state index is 0.0332. The molecule has 0 fully saturated rings. The molecule has 0 aromatic rings. The van der Waals surface area contributed by atoms with E-state index in [9.17, 15) is 23.4 Å². The Morgan fingerprint density at radius 2 is 1.83 bits per heavy atom. The SMILES string of the molecule is CCCC/C=C/CCCCCCC(=O)C1=NCC[N+]1(CCO)CC(O)CS(=O)(=O)O. The molecule has 8 nitrogen and oxygen atoms in total. The van der Waals surface area contributed by atoms with Gasteiger partial charge in [0.25, 0.3) is 16.0 Å². The van der Waals surface area contributed by atoms with Gasteiger partial charge < -0.3 is 10.2 Å². The van der Waals surface area contributed by atoms with Crippen molar-refractivity contribution in [2.45, 2.75) is 70.8 Å². The molecule has 0 saturated carbocycles. The average Bonchev–Trinajstić information content (AvgIpc) is 3.04. The van der Waals surface area contributed by atoms with E-state index in [-0.39, 0.29) is 30.0 Å². The van der Waals surface area contributed by atoms with Crippen LogP contribution < -0.4 is 0 Å². The van der Waals surface area contributed by atoms with Gasteiger partial charge in [0.15, 0.2) is 0 Å². The quantitative estimate of drug-likeness (QED) is 0.136. The maximum atomic E-state index is 12.7. The number of carbonyl (C=O) groups excluding carboxylic acids is 1. The number of aliphatic hydroxyl groups is 2. The van der Waals surface area contributed by atoms with Gasteiger partial charge in [0.2, 0.25) is 5.78 Å². The minimum Gasteiger partial charge on any atom is -0.390 e. The largest absolute Gasteiger partial charge is 0.390 e. The van der Waals surface area contributed by atoms with Crippen molar-refractivity contribution in [3.8, 4) is 0 Å². The van der Waals surface area contributed by atoms with Crippen molar-refractivity contribution in [2.24, 2.45) is 4.99 Å². The maximum absolute atomic E-state index is 12.7. The second-order valence-electron chi connectivity index (χ2n) is 8.10. The summed E-state index contributed by atoms with van der Waals surface area (Å²) >= 11 is 0. The molecule has 3 N–H and O–H groups in total.